The first-order chi connectivity index (χ1) is 6.63. The van der Waals surface area contributed by atoms with E-state index in [0.29, 0.717) is 5.57 Å². The van der Waals surface area contributed by atoms with Crippen LogP contribution >= 0.6 is 12.6 Å². The third kappa shape index (κ3) is 1.23. The van der Waals surface area contributed by atoms with Gasteiger partial charge in [0.15, 0.2) is 5.78 Å². The van der Waals surface area contributed by atoms with E-state index in [1.165, 1.54) is 0 Å². The smallest absolute Gasteiger partial charge is 0.193 e. The molecule has 70 valence electrons. The molecule has 0 bridgehead atoms. The van der Waals surface area contributed by atoms with Gasteiger partial charge in [0.05, 0.1) is 0 Å². The number of benzene rings is 1. The first-order valence-electron chi connectivity index (χ1n) is 4.36. The van der Waals surface area contributed by atoms with Gasteiger partial charge in [0.1, 0.15) is 0 Å². The fourth-order valence-electron chi connectivity index (χ4n) is 1.57. The van der Waals surface area contributed by atoms with E-state index >= 15 is 0 Å². The van der Waals surface area contributed by atoms with Crippen molar-refractivity contribution in [1.29, 1.82) is 0 Å². The van der Waals surface area contributed by atoms with Crippen LogP contribution in [0.4, 0.5) is 0 Å². The van der Waals surface area contributed by atoms with E-state index in [-0.39, 0.29) is 5.78 Å². The SMILES string of the molecule is C=CC1=Cc2cc(S)c(C)cc2C1=O. The number of hydrogen-bond acceptors (Lipinski definition) is 2. The Hall–Kier alpha value is -1.28. The molecule has 0 saturated carbocycles. The highest BCUT2D eigenvalue weighted by Crippen LogP contribution is 2.29. The van der Waals surface area contributed by atoms with Gasteiger partial charge in [-0.3, -0.25) is 4.79 Å². The second-order valence-electron chi connectivity index (χ2n) is 3.36. The second-order valence-corrected chi connectivity index (χ2v) is 3.84. The summed E-state index contributed by atoms with van der Waals surface area (Å²) < 4.78 is 0. The highest BCUT2D eigenvalue weighted by molar-refractivity contribution is 7.80. The maximum Gasteiger partial charge on any atom is 0.193 e. The number of ketones is 1. The summed E-state index contributed by atoms with van der Waals surface area (Å²) in [6, 6.07) is 3.80. The van der Waals surface area contributed by atoms with Crippen molar-refractivity contribution in [1.82, 2.24) is 0 Å². The summed E-state index contributed by atoms with van der Waals surface area (Å²) >= 11 is 4.32. The van der Waals surface area contributed by atoms with Crippen LogP contribution in [0.5, 0.6) is 0 Å². The molecule has 0 unspecified atom stereocenters. The van der Waals surface area contributed by atoms with E-state index in [1.807, 2.05) is 25.1 Å². The topological polar surface area (TPSA) is 17.1 Å². The van der Waals surface area contributed by atoms with E-state index in [4.69, 9.17) is 0 Å². The van der Waals surface area contributed by atoms with Crippen molar-refractivity contribution in [2.75, 3.05) is 0 Å². The van der Waals surface area contributed by atoms with Gasteiger partial charge in [-0.25, -0.2) is 0 Å². The van der Waals surface area contributed by atoms with Gasteiger partial charge in [0.25, 0.3) is 0 Å². The Morgan fingerprint density at radius 1 is 1.43 bits per heavy atom. The molecule has 0 aromatic heterocycles. The van der Waals surface area contributed by atoms with E-state index in [0.717, 1.165) is 21.6 Å². The number of fused-ring (bicyclic) bond motifs is 1. The summed E-state index contributed by atoms with van der Waals surface area (Å²) in [4.78, 5) is 12.6. The Bertz CT molecular complexity index is 469. The average molecular weight is 202 g/mol. The molecule has 0 atom stereocenters. The Balaban J connectivity index is 2.64. The summed E-state index contributed by atoms with van der Waals surface area (Å²) in [7, 11) is 0. The molecule has 14 heavy (non-hydrogen) atoms. The summed E-state index contributed by atoms with van der Waals surface area (Å²) in [6.07, 6.45) is 3.44. The first-order valence-corrected chi connectivity index (χ1v) is 4.80. The van der Waals surface area contributed by atoms with Crippen LogP contribution < -0.4 is 0 Å². The molecule has 0 fully saturated rings. The Kier molecular flexibility index (Phi) is 2.08. The zero-order valence-electron chi connectivity index (χ0n) is 7.87. The Labute approximate surface area is 88.6 Å². The standard InChI is InChI=1S/C12H10OS/c1-3-8-5-9-6-11(14)7(2)4-10(9)12(8)13/h3-6,14H,1H2,2H3. The maximum absolute atomic E-state index is 11.7. The number of hydrogen-bond donors (Lipinski definition) is 1. The lowest BCUT2D eigenvalue weighted by molar-refractivity contribution is 0.104. The highest BCUT2D eigenvalue weighted by atomic mass is 32.1. The van der Waals surface area contributed by atoms with Crippen LogP contribution in [0.25, 0.3) is 6.08 Å². The number of Topliss-reactive ketones (excluding diaryl/α,β-unsaturated/α-hetero) is 1. The van der Waals surface area contributed by atoms with Crippen molar-refractivity contribution in [2.45, 2.75) is 11.8 Å². The number of rotatable bonds is 1. The normalized spacial score (nSPS) is 13.9. The Morgan fingerprint density at radius 2 is 2.14 bits per heavy atom. The van der Waals surface area contributed by atoms with E-state index in [2.05, 4.69) is 19.2 Å². The third-order valence-corrected chi connectivity index (χ3v) is 2.89. The minimum Gasteiger partial charge on any atom is -0.289 e. The number of carbonyl (C=O) groups is 1. The quantitative estimate of drug-likeness (QED) is 0.693. The minimum atomic E-state index is 0.0615. The van der Waals surface area contributed by atoms with Gasteiger partial charge in [-0.2, -0.15) is 0 Å². The molecule has 0 N–H and O–H groups in total. The number of allylic oxidation sites excluding steroid dienone is 2. The molecule has 1 nitrogen and oxygen atoms in total. The predicted molar refractivity (Wildman–Crippen MR) is 60.9 cm³/mol. The molecular formula is C12H10OS. The summed E-state index contributed by atoms with van der Waals surface area (Å²) in [5.41, 5.74) is 3.40. The van der Waals surface area contributed by atoms with E-state index in [1.54, 1.807) is 6.08 Å². The van der Waals surface area contributed by atoms with Gasteiger partial charge in [0.2, 0.25) is 0 Å². The summed E-state index contributed by atoms with van der Waals surface area (Å²) in [5.74, 6) is 0.0615. The van der Waals surface area contributed by atoms with Crippen molar-refractivity contribution in [3.05, 3.63) is 47.1 Å². The molecule has 2 heteroatoms. The molecule has 0 spiro atoms. The second kappa shape index (κ2) is 3.14. The Morgan fingerprint density at radius 3 is 2.79 bits per heavy atom. The van der Waals surface area contributed by atoms with Crippen LogP contribution in [0.2, 0.25) is 0 Å². The zero-order valence-corrected chi connectivity index (χ0v) is 8.77. The van der Waals surface area contributed by atoms with Crippen molar-refractivity contribution in [3.63, 3.8) is 0 Å². The fourth-order valence-corrected chi connectivity index (χ4v) is 1.77. The van der Waals surface area contributed by atoms with Crippen molar-refractivity contribution in [2.24, 2.45) is 0 Å². The molecule has 1 aliphatic carbocycles. The van der Waals surface area contributed by atoms with Gasteiger partial charge in [0, 0.05) is 16.0 Å². The molecule has 1 aliphatic rings. The zero-order chi connectivity index (χ0) is 10.3. The van der Waals surface area contributed by atoms with Gasteiger partial charge in [-0.05, 0) is 36.3 Å². The van der Waals surface area contributed by atoms with Gasteiger partial charge < -0.3 is 0 Å². The predicted octanol–water partition coefficient (Wildman–Crippen LogP) is 3.05. The monoisotopic (exact) mass is 202 g/mol. The van der Waals surface area contributed by atoms with Crippen LogP contribution in [0, 0.1) is 6.92 Å². The molecular weight excluding hydrogens is 192 g/mol. The average Bonchev–Trinajstić information content (AvgIpc) is 2.45. The molecule has 0 amide bonds. The lowest BCUT2D eigenvalue weighted by Crippen LogP contribution is -1.97. The van der Waals surface area contributed by atoms with Crippen LogP contribution in [0.3, 0.4) is 0 Å². The van der Waals surface area contributed by atoms with E-state index in [9.17, 15) is 4.79 Å². The number of carbonyl (C=O) groups excluding carboxylic acids is 1. The summed E-state index contributed by atoms with van der Waals surface area (Å²) in [5, 5.41) is 0. The largest absolute Gasteiger partial charge is 0.289 e. The molecule has 1 aromatic carbocycles. The lowest BCUT2D eigenvalue weighted by Gasteiger charge is -2.02. The van der Waals surface area contributed by atoms with Crippen LogP contribution in [-0.4, -0.2) is 5.78 Å². The van der Waals surface area contributed by atoms with Crippen molar-refractivity contribution >= 4 is 24.5 Å². The highest BCUT2D eigenvalue weighted by Gasteiger charge is 2.20. The summed E-state index contributed by atoms with van der Waals surface area (Å²) in [6.45, 7) is 5.56. The molecule has 0 radical (unpaired) electrons. The molecule has 0 heterocycles. The van der Waals surface area contributed by atoms with Gasteiger partial charge in [-0.1, -0.05) is 12.7 Å². The lowest BCUT2D eigenvalue weighted by atomic mass is 10.1. The molecule has 1 aromatic rings. The van der Waals surface area contributed by atoms with E-state index < -0.39 is 0 Å². The third-order valence-electron chi connectivity index (χ3n) is 2.41. The fraction of sp³-hybridized carbons (Fsp3) is 0.0833. The van der Waals surface area contributed by atoms with Gasteiger partial charge in [-0.15, -0.1) is 12.6 Å². The minimum absolute atomic E-state index is 0.0615. The molecule has 0 aliphatic heterocycles. The number of thiol groups is 1. The molecule has 2 rings (SSSR count). The van der Waals surface area contributed by atoms with Crippen molar-refractivity contribution in [3.8, 4) is 0 Å². The number of aryl methyl sites for hydroxylation is 1. The molecule has 0 saturated heterocycles. The van der Waals surface area contributed by atoms with Crippen LogP contribution in [-0.2, 0) is 0 Å². The van der Waals surface area contributed by atoms with Crippen molar-refractivity contribution < 1.29 is 4.79 Å². The first kappa shape index (κ1) is 9.28. The van der Waals surface area contributed by atoms with Crippen LogP contribution in [0.15, 0.2) is 35.3 Å². The maximum atomic E-state index is 11.7. The van der Waals surface area contributed by atoms with Gasteiger partial charge >= 0.3 is 0 Å². The van der Waals surface area contributed by atoms with Crippen LogP contribution in [0.1, 0.15) is 21.5 Å².